The minimum absolute atomic E-state index is 0.669. The Kier molecular flexibility index (Phi) is 7.15. The lowest BCUT2D eigenvalue weighted by molar-refractivity contribution is 0.305. The Morgan fingerprint density at radius 3 is 2.50 bits per heavy atom. The summed E-state index contributed by atoms with van der Waals surface area (Å²) in [7, 11) is 0. The van der Waals surface area contributed by atoms with E-state index in [0.29, 0.717) is 6.54 Å². The molecule has 0 saturated heterocycles. The average molecular weight is 351 g/mol. The third-order valence-corrected chi connectivity index (χ3v) is 4.87. The normalized spacial score (nSPS) is 11.1. The number of H-pyrrole nitrogens is 1. The van der Waals surface area contributed by atoms with Crippen LogP contribution >= 0.6 is 0 Å². The number of nitrogens with one attached hydrogen (secondary N) is 1. The Bertz CT molecular complexity index is 779. The van der Waals surface area contributed by atoms with E-state index in [4.69, 9.17) is 10.5 Å². The summed E-state index contributed by atoms with van der Waals surface area (Å²) in [6.07, 6.45) is 10.4. The van der Waals surface area contributed by atoms with Crippen molar-refractivity contribution in [3.63, 3.8) is 0 Å². The Labute approximate surface area is 156 Å². The number of aromatic nitrogens is 1. The standard InChI is InChI=1S/C23H30N2O/c24-15-14-20-18-25-23-13-12-21(17-22(20)23)26-16-8-3-1-2-5-9-19-10-6-4-7-11-19/h4,6-7,10-13,17-18,25H,1-3,5,8-9,14-16,24H2. The van der Waals surface area contributed by atoms with Crippen molar-refractivity contribution in [2.45, 2.75) is 44.9 Å². The minimum atomic E-state index is 0.669. The van der Waals surface area contributed by atoms with Crippen LogP contribution in [0, 0.1) is 0 Å². The van der Waals surface area contributed by atoms with Gasteiger partial charge in [0.2, 0.25) is 0 Å². The van der Waals surface area contributed by atoms with Crippen molar-refractivity contribution in [3.05, 3.63) is 65.9 Å². The summed E-state index contributed by atoms with van der Waals surface area (Å²) < 4.78 is 5.95. The van der Waals surface area contributed by atoms with E-state index < -0.39 is 0 Å². The van der Waals surface area contributed by atoms with Gasteiger partial charge in [-0.1, -0.05) is 49.6 Å². The molecule has 138 valence electrons. The van der Waals surface area contributed by atoms with E-state index in [9.17, 15) is 0 Å². The van der Waals surface area contributed by atoms with Crippen LogP contribution in [0.15, 0.2) is 54.7 Å². The van der Waals surface area contributed by atoms with Crippen LogP contribution in [0.3, 0.4) is 0 Å². The highest BCUT2D eigenvalue weighted by atomic mass is 16.5. The highest BCUT2D eigenvalue weighted by Crippen LogP contribution is 2.24. The molecule has 3 N–H and O–H groups in total. The second-order valence-electron chi connectivity index (χ2n) is 6.91. The number of nitrogens with two attached hydrogens (primary N) is 1. The molecule has 0 bridgehead atoms. The molecule has 2 aromatic carbocycles. The number of hydrogen-bond donors (Lipinski definition) is 2. The summed E-state index contributed by atoms with van der Waals surface area (Å²) in [5, 5.41) is 1.23. The third-order valence-electron chi connectivity index (χ3n) is 4.87. The summed E-state index contributed by atoms with van der Waals surface area (Å²) in [6, 6.07) is 17.0. The van der Waals surface area contributed by atoms with Crippen LogP contribution < -0.4 is 10.5 Å². The third kappa shape index (κ3) is 5.37. The molecular formula is C23H30N2O. The average Bonchev–Trinajstić information content (AvgIpc) is 3.07. The maximum Gasteiger partial charge on any atom is 0.120 e. The lowest BCUT2D eigenvalue weighted by Crippen LogP contribution is -2.02. The van der Waals surface area contributed by atoms with Gasteiger partial charge in [-0.2, -0.15) is 0 Å². The molecule has 3 heteroatoms. The molecule has 0 unspecified atom stereocenters. The lowest BCUT2D eigenvalue weighted by Gasteiger charge is -2.07. The minimum Gasteiger partial charge on any atom is -0.494 e. The first-order valence-electron chi connectivity index (χ1n) is 9.83. The molecule has 1 aromatic heterocycles. The molecule has 3 rings (SSSR count). The van der Waals surface area contributed by atoms with E-state index in [0.717, 1.165) is 30.7 Å². The van der Waals surface area contributed by atoms with Gasteiger partial charge in [0.1, 0.15) is 5.75 Å². The molecule has 0 aliphatic carbocycles. The number of hydrogen-bond acceptors (Lipinski definition) is 2. The Morgan fingerprint density at radius 2 is 1.65 bits per heavy atom. The topological polar surface area (TPSA) is 51.0 Å². The summed E-state index contributed by atoms with van der Waals surface area (Å²) in [5.74, 6) is 0.958. The quantitative estimate of drug-likeness (QED) is 0.465. The second-order valence-corrected chi connectivity index (χ2v) is 6.91. The van der Waals surface area contributed by atoms with Gasteiger partial charge in [0.05, 0.1) is 6.61 Å². The molecule has 26 heavy (non-hydrogen) atoms. The Balaban J connectivity index is 1.32. The maximum atomic E-state index is 5.95. The fourth-order valence-corrected chi connectivity index (χ4v) is 3.41. The van der Waals surface area contributed by atoms with E-state index in [2.05, 4.69) is 53.6 Å². The number of ether oxygens (including phenoxy) is 1. The van der Waals surface area contributed by atoms with Crippen LogP contribution in [0.5, 0.6) is 5.75 Å². The zero-order valence-corrected chi connectivity index (χ0v) is 15.5. The molecule has 3 aromatic rings. The van der Waals surface area contributed by atoms with Gasteiger partial charge in [0, 0.05) is 17.1 Å². The van der Waals surface area contributed by atoms with Crippen molar-refractivity contribution in [3.8, 4) is 5.75 Å². The lowest BCUT2D eigenvalue weighted by atomic mass is 10.1. The van der Waals surface area contributed by atoms with Crippen LogP contribution in [0.1, 0.15) is 43.2 Å². The van der Waals surface area contributed by atoms with Crippen LogP contribution in [0.4, 0.5) is 0 Å². The van der Waals surface area contributed by atoms with Gasteiger partial charge in [-0.05, 0) is 61.6 Å². The van der Waals surface area contributed by atoms with Gasteiger partial charge in [0.25, 0.3) is 0 Å². The molecule has 0 amide bonds. The fraction of sp³-hybridized carbons (Fsp3) is 0.391. The number of aryl methyl sites for hydroxylation is 1. The number of fused-ring (bicyclic) bond motifs is 1. The Morgan fingerprint density at radius 1 is 0.846 bits per heavy atom. The first-order chi connectivity index (χ1) is 12.9. The molecule has 0 aliphatic heterocycles. The first-order valence-corrected chi connectivity index (χ1v) is 9.83. The van der Waals surface area contributed by atoms with Gasteiger partial charge in [-0.15, -0.1) is 0 Å². The van der Waals surface area contributed by atoms with Crippen molar-refractivity contribution in [1.29, 1.82) is 0 Å². The van der Waals surface area contributed by atoms with Gasteiger partial charge in [0.15, 0.2) is 0 Å². The van der Waals surface area contributed by atoms with E-state index in [1.807, 2.05) is 6.07 Å². The zero-order chi connectivity index (χ0) is 18.0. The van der Waals surface area contributed by atoms with Crippen molar-refractivity contribution in [2.75, 3.05) is 13.2 Å². The first kappa shape index (κ1) is 18.5. The highest BCUT2D eigenvalue weighted by Gasteiger charge is 2.04. The number of rotatable bonds is 11. The molecule has 0 atom stereocenters. The van der Waals surface area contributed by atoms with E-state index >= 15 is 0 Å². The fourth-order valence-electron chi connectivity index (χ4n) is 3.41. The second kappa shape index (κ2) is 10.0. The SMILES string of the molecule is NCCc1c[nH]c2ccc(OCCCCCCCc3ccccc3)cc12. The smallest absolute Gasteiger partial charge is 0.120 e. The van der Waals surface area contributed by atoms with Gasteiger partial charge < -0.3 is 15.5 Å². The summed E-state index contributed by atoms with van der Waals surface area (Å²) >= 11 is 0. The van der Waals surface area contributed by atoms with Gasteiger partial charge in [-0.3, -0.25) is 0 Å². The molecule has 0 radical (unpaired) electrons. The monoisotopic (exact) mass is 350 g/mol. The largest absolute Gasteiger partial charge is 0.494 e. The molecule has 0 spiro atoms. The molecule has 0 saturated carbocycles. The molecule has 0 fully saturated rings. The molecular weight excluding hydrogens is 320 g/mol. The van der Waals surface area contributed by atoms with Crippen molar-refractivity contribution in [2.24, 2.45) is 5.73 Å². The van der Waals surface area contributed by atoms with Crippen LogP contribution in [0.2, 0.25) is 0 Å². The highest BCUT2D eigenvalue weighted by molar-refractivity contribution is 5.84. The molecule has 1 heterocycles. The molecule has 0 aliphatic rings. The van der Waals surface area contributed by atoms with Crippen molar-refractivity contribution < 1.29 is 4.74 Å². The predicted molar refractivity (Wildman–Crippen MR) is 110 cm³/mol. The van der Waals surface area contributed by atoms with Crippen LogP contribution in [-0.4, -0.2) is 18.1 Å². The maximum absolute atomic E-state index is 5.95. The van der Waals surface area contributed by atoms with E-state index in [1.165, 1.54) is 48.6 Å². The number of benzene rings is 2. The predicted octanol–water partition coefficient (Wildman–Crippen LogP) is 5.24. The van der Waals surface area contributed by atoms with Gasteiger partial charge in [-0.25, -0.2) is 0 Å². The zero-order valence-electron chi connectivity index (χ0n) is 15.5. The number of unbranched alkanes of at least 4 members (excludes halogenated alkanes) is 4. The van der Waals surface area contributed by atoms with Crippen molar-refractivity contribution >= 4 is 10.9 Å². The van der Waals surface area contributed by atoms with Crippen molar-refractivity contribution in [1.82, 2.24) is 4.98 Å². The summed E-state index contributed by atoms with van der Waals surface area (Å²) in [6.45, 7) is 1.46. The molecule has 3 nitrogen and oxygen atoms in total. The Hall–Kier alpha value is -2.26. The van der Waals surface area contributed by atoms with Gasteiger partial charge >= 0.3 is 0 Å². The van der Waals surface area contributed by atoms with Crippen LogP contribution in [0.25, 0.3) is 10.9 Å². The summed E-state index contributed by atoms with van der Waals surface area (Å²) in [5.41, 5.74) is 9.56. The van der Waals surface area contributed by atoms with Crippen LogP contribution in [-0.2, 0) is 12.8 Å². The van der Waals surface area contributed by atoms with E-state index in [-0.39, 0.29) is 0 Å². The number of aromatic amines is 1. The van der Waals surface area contributed by atoms with E-state index in [1.54, 1.807) is 0 Å². The summed E-state index contributed by atoms with van der Waals surface area (Å²) in [4.78, 5) is 3.30.